The first-order valence-electron chi connectivity index (χ1n) is 7.87. The minimum absolute atomic E-state index is 0.0884. The number of halogens is 1. The summed E-state index contributed by atoms with van der Waals surface area (Å²) in [5, 5.41) is 10.9. The van der Waals surface area contributed by atoms with E-state index < -0.39 is 13.8 Å². The van der Waals surface area contributed by atoms with Gasteiger partial charge in [-0.2, -0.15) is 0 Å². The molecule has 0 spiro atoms. The maximum Gasteiger partial charge on any atom is 0.131 e. The Morgan fingerprint density at radius 2 is 1.61 bits per heavy atom. The van der Waals surface area contributed by atoms with E-state index in [-0.39, 0.29) is 10.9 Å². The second-order valence-electron chi connectivity index (χ2n) is 7.74. The molecule has 3 N–H and O–H groups in total. The van der Waals surface area contributed by atoms with Crippen LogP contribution in [0.1, 0.15) is 32.1 Å². The number of hydrogen-bond acceptors (Lipinski definition) is 2. The molecule has 0 amide bonds. The Morgan fingerprint density at radius 3 is 2.13 bits per heavy atom. The quantitative estimate of drug-likeness (QED) is 0.603. The Morgan fingerprint density at radius 1 is 1.04 bits per heavy atom. The third-order valence-electron chi connectivity index (χ3n) is 5.14. The zero-order valence-corrected chi connectivity index (χ0v) is 15.5. The highest BCUT2D eigenvalue weighted by molar-refractivity contribution is 6.81. The van der Waals surface area contributed by atoms with Crippen molar-refractivity contribution >= 4 is 13.8 Å². The molecule has 2 aromatic carbocycles. The molecule has 0 aromatic heterocycles. The molecule has 0 saturated carbocycles. The first-order valence-corrected chi connectivity index (χ1v) is 10.9. The molecule has 1 unspecified atom stereocenters. The van der Waals surface area contributed by atoms with Crippen molar-refractivity contribution in [2.45, 2.75) is 44.6 Å². The molecular weight excluding hydrogens is 305 g/mol. The van der Waals surface area contributed by atoms with E-state index in [0.717, 1.165) is 11.1 Å². The highest BCUT2D eigenvalue weighted by atomic mass is 28.3. The molecule has 0 aliphatic rings. The molecule has 0 heterocycles. The van der Waals surface area contributed by atoms with Gasteiger partial charge in [0.05, 0.1) is 13.8 Å². The van der Waals surface area contributed by atoms with E-state index in [0.29, 0.717) is 11.3 Å². The van der Waals surface area contributed by atoms with Gasteiger partial charge in [0.2, 0.25) is 0 Å². The summed E-state index contributed by atoms with van der Waals surface area (Å²) in [6.07, 6.45) is 0. The second kappa shape index (κ2) is 6.10. The van der Waals surface area contributed by atoms with Gasteiger partial charge in [0.25, 0.3) is 0 Å². The van der Waals surface area contributed by atoms with E-state index in [4.69, 9.17) is 5.73 Å². The first-order chi connectivity index (χ1) is 10.5. The van der Waals surface area contributed by atoms with Gasteiger partial charge in [-0.05, 0) is 34.4 Å². The van der Waals surface area contributed by atoms with E-state index in [1.807, 2.05) is 24.3 Å². The van der Waals surface area contributed by atoms with Crippen molar-refractivity contribution in [1.29, 1.82) is 0 Å². The van der Waals surface area contributed by atoms with E-state index in [2.05, 4.69) is 33.9 Å². The largest absolute Gasteiger partial charge is 0.399 e. The van der Waals surface area contributed by atoms with Crippen LogP contribution in [0.25, 0.3) is 11.1 Å². The molecule has 2 nitrogen and oxygen atoms in total. The Bertz CT molecular complexity index is 690. The lowest BCUT2D eigenvalue weighted by Crippen LogP contribution is -2.44. The van der Waals surface area contributed by atoms with Crippen LogP contribution < -0.4 is 5.73 Å². The highest BCUT2D eigenvalue weighted by Gasteiger charge is 2.42. The highest BCUT2D eigenvalue weighted by Crippen LogP contribution is 2.43. The van der Waals surface area contributed by atoms with Crippen LogP contribution in [0.5, 0.6) is 0 Å². The van der Waals surface area contributed by atoms with Gasteiger partial charge < -0.3 is 10.8 Å². The van der Waals surface area contributed by atoms with Crippen molar-refractivity contribution in [1.82, 2.24) is 0 Å². The van der Waals surface area contributed by atoms with Crippen molar-refractivity contribution in [3.63, 3.8) is 0 Å². The summed E-state index contributed by atoms with van der Waals surface area (Å²) >= 11 is 0. The molecule has 124 valence electrons. The number of aliphatic hydroxyl groups excluding tert-OH is 1. The van der Waals surface area contributed by atoms with Gasteiger partial charge in [0.15, 0.2) is 0 Å². The molecule has 1 atom stereocenters. The minimum atomic E-state index is -1.90. The Hall–Kier alpha value is -1.65. The molecule has 2 rings (SSSR count). The molecule has 0 aliphatic carbocycles. The summed E-state index contributed by atoms with van der Waals surface area (Å²) in [7, 11) is -1.90. The topological polar surface area (TPSA) is 46.2 Å². The van der Waals surface area contributed by atoms with Gasteiger partial charge >= 0.3 is 0 Å². The predicted octanol–water partition coefficient (Wildman–Crippen LogP) is 5.16. The van der Waals surface area contributed by atoms with Crippen molar-refractivity contribution in [3.05, 3.63) is 53.8 Å². The normalized spacial score (nSPS) is 13.9. The maximum atomic E-state index is 14.0. The number of rotatable bonds is 3. The Kier molecular flexibility index (Phi) is 4.69. The summed E-state index contributed by atoms with van der Waals surface area (Å²) in [6.45, 7) is 10.9. The van der Waals surface area contributed by atoms with Crippen LogP contribution in [0.15, 0.2) is 42.5 Å². The zero-order chi connectivity index (χ0) is 17.4. The lowest BCUT2D eigenvalue weighted by atomic mass is 10.0. The Balaban J connectivity index is 2.35. The van der Waals surface area contributed by atoms with E-state index in [1.54, 1.807) is 12.1 Å². The molecule has 0 bridgehead atoms. The van der Waals surface area contributed by atoms with E-state index in [1.165, 1.54) is 6.07 Å². The predicted molar refractivity (Wildman–Crippen MR) is 98.4 cm³/mol. The summed E-state index contributed by atoms with van der Waals surface area (Å²) in [5.74, 6) is -0.295. The first kappa shape index (κ1) is 17.7. The molecule has 2 aromatic rings. The van der Waals surface area contributed by atoms with Crippen LogP contribution in [0.3, 0.4) is 0 Å². The van der Waals surface area contributed by atoms with Crippen LogP contribution in [0.2, 0.25) is 18.1 Å². The van der Waals surface area contributed by atoms with Gasteiger partial charge in [-0.1, -0.05) is 58.1 Å². The van der Waals surface area contributed by atoms with Crippen molar-refractivity contribution in [2.24, 2.45) is 0 Å². The number of aliphatic hydroxyl groups is 1. The van der Waals surface area contributed by atoms with E-state index >= 15 is 0 Å². The van der Waals surface area contributed by atoms with Gasteiger partial charge in [-0.3, -0.25) is 0 Å². The maximum absolute atomic E-state index is 14.0. The number of hydrogen-bond donors (Lipinski definition) is 2. The van der Waals surface area contributed by atoms with E-state index in [9.17, 15) is 9.50 Å². The third kappa shape index (κ3) is 3.48. The van der Waals surface area contributed by atoms with Crippen LogP contribution in [-0.2, 0) is 0 Å². The third-order valence-corrected chi connectivity index (χ3v) is 10.7. The van der Waals surface area contributed by atoms with Crippen molar-refractivity contribution in [3.8, 4) is 11.1 Å². The average molecular weight is 332 g/mol. The van der Waals surface area contributed by atoms with Crippen molar-refractivity contribution in [2.75, 3.05) is 5.73 Å². The lowest BCUT2D eigenvalue weighted by Gasteiger charge is -2.40. The molecule has 4 heteroatoms. The van der Waals surface area contributed by atoms with Gasteiger partial charge in [-0.15, -0.1) is 0 Å². The van der Waals surface area contributed by atoms with Crippen LogP contribution in [0.4, 0.5) is 10.1 Å². The summed E-state index contributed by atoms with van der Waals surface area (Å²) < 4.78 is 14.0. The van der Waals surface area contributed by atoms with Crippen LogP contribution in [0, 0.1) is 5.82 Å². The monoisotopic (exact) mass is 331 g/mol. The molecule has 0 radical (unpaired) electrons. The number of nitrogen functional groups attached to an aromatic ring is 1. The van der Waals surface area contributed by atoms with Crippen LogP contribution in [-0.4, -0.2) is 13.2 Å². The standard InChI is InChI=1S/C19H26FNOSi/c1-19(2,3)23(4,5)18(22)14-8-6-13(7-9-14)16-12-15(21)10-11-17(16)20/h6-12,18,22H,21H2,1-5H3. The summed E-state index contributed by atoms with van der Waals surface area (Å²) in [5.41, 5.74) is 7.97. The average Bonchev–Trinajstić information content (AvgIpc) is 2.48. The molecule has 23 heavy (non-hydrogen) atoms. The number of benzene rings is 2. The lowest BCUT2D eigenvalue weighted by molar-refractivity contribution is 0.243. The second-order valence-corrected chi connectivity index (χ2v) is 13.2. The fourth-order valence-electron chi connectivity index (χ4n) is 2.44. The zero-order valence-electron chi connectivity index (χ0n) is 14.5. The molecule has 0 fully saturated rings. The van der Waals surface area contributed by atoms with Gasteiger partial charge in [0.1, 0.15) is 5.82 Å². The Labute approximate surface area is 139 Å². The minimum Gasteiger partial charge on any atom is -0.399 e. The number of nitrogens with two attached hydrogens (primary N) is 1. The summed E-state index contributed by atoms with van der Waals surface area (Å²) in [4.78, 5) is 0. The number of anilines is 1. The SMILES string of the molecule is CC(C)(C)[Si](C)(C)C(O)c1ccc(-c2cc(N)ccc2F)cc1. The fraction of sp³-hybridized carbons (Fsp3) is 0.368. The van der Waals surface area contributed by atoms with Crippen LogP contribution >= 0.6 is 0 Å². The molecule has 0 aliphatic heterocycles. The van der Waals surface area contributed by atoms with Gasteiger partial charge in [-0.25, -0.2) is 4.39 Å². The summed E-state index contributed by atoms with van der Waals surface area (Å²) in [6, 6.07) is 12.0. The van der Waals surface area contributed by atoms with Crippen molar-refractivity contribution < 1.29 is 9.50 Å². The smallest absolute Gasteiger partial charge is 0.131 e. The molecule has 0 saturated heterocycles. The molecular formula is C19H26FNOSi. The van der Waals surface area contributed by atoms with Gasteiger partial charge in [0, 0.05) is 11.3 Å². The fourth-order valence-corrected chi connectivity index (χ4v) is 4.28.